The summed E-state index contributed by atoms with van der Waals surface area (Å²) in [5, 5.41) is 11.9. The maximum atomic E-state index is 11.4. The zero-order chi connectivity index (χ0) is 16.7. The topological polar surface area (TPSA) is 115 Å². The lowest BCUT2D eigenvalue weighted by Gasteiger charge is -2.01. The van der Waals surface area contributed by atoms with Crippen molar-refractivity contribution in [3.8, 4) is 11.8 Å². The van der Waals surface area contributed by atoms with E-state index in [1.807, 2.05) is 17.7 Å². The zero-order valence-corrected chi connectivity index (χ0v) is 12.9. The number of nitrogens with zero attached hydrogens (tertiary/aromatic N) is 3. The summed E-state index contributed by atoms with van der Waals surface area (Å²) in [5.41, 5.74) is 7.38. The van der Waals surface area contributed by atoms with Gasteiger partial charge >= 0.3 is 0 Å². The zero-order valence-electron chi connectivity index (χ0n) is 12.9. The Balaban J connectivity index is 2.04. The molecule has 1 amide bonds. The molecule has 0 radical (unpaired) electrons. The first-order valence-corrected chi connectivity index (χ1v) is 7.20. The third-order valence-corrected chi connectivity index (χ3v) is 3.09. The Hall–Kier alpha value is -2.63. The second-order valence-corrected chi connectivity index (χ2v) is 4.64. The van der Waals surface area contributed by atoms with Crippen molar-refractivity contribution in [3.05, 3.63) is 18.1 Å². The molecule has 0 aromatic carbocycles. The minimum absolute atomic E-state index is 0.0990. The summed E-state index contributed by atoms with van der Waals surface area (Å²) in [6.07, 6.45) is 3.29. The van der Waals surface area contributed by atoms with E-state index in [-0.39, 0.29) is 32.3 Å². The van der Waals surface area contributed by atoms with Gasteiger partial charge < -0.3 is 25.5 Å². The molecule has 0 fully saturated rings. The fourth-order valence-electron chi connectivity index (χ4n) is 2.05. The lowest BCUT2D eigenvalue weighted by atomic mass is 10.2. The van der Waals surface area contributed by atoms with Gasteiger partial charge in [-0.05, 0) is 6.92 Å². The van der Waals surface area contributed by atoms with Crippen LogP contribution in [0.5, 0.6) is 0 Å². The molecule has 0 bridgehead atoms. The lowest BCUT2D eigenvalue weighted by molar-refractivity contribution is -0.125. The molecule has 0 aliphatic carbocycles. The van der Waals surface area contributed by atoms with Crippen molar-refractivity contribution in [3.63, 3.8) is 0 Å². The molecule has 23 heavy (non-hydrogen) atoms. The van der Waals surface area contributed by atoms with E-state index < -0.39 is 0 Å². The van der Waals surface area contributed by atoms with Crippen molar-refractivity contribution in [2.75, 3.05) is 32.1 Å². The Morgan fingerprint density at radius 2 is 2.35 bits per heavy atom. The van der Waals surface area contributed by atoms with Crippen LogP contribution >= 0.6 is 0 Å². The van der Waals surface area contributed by atoms with Gasteiger partial charge in [-0.25, -0.2) is 9.97 Å². The number of carbonyl (C=O) groups is 1. The summed E-state index contributed by atoms with van der Waals surface area (Å²) in [6, 6.07) is 0. The van der Waals surface area contributed by atoms with E-state index in [1.54, 1.807) is 0 Å². The summed E-state index contributed by atoms with van der Waals surface area (Å²) in [4.78, 5) is 19.6. The van der Waals surface area contributed by atoms with Gasteiger partial charge in [0.05, 0.1) is 30.7 Å². The number of hydrogen-bond donors (Lipinski definition) is 3. The van der Waals surface area contributed by atoms with Crippen LogP contribution in [0.2, 0.25) is 0 Å². The molecule has 0 saturated heterocycles. The molecule has 2 rings (SSSR count). The number of aliphatic hydroxyl groups excluding tert-OH is 1. The molecular formula is C15H19N5O3. The monoisotopic (exact) mass is 317 g/mol. The number of nitrogen functional groups attached to an aromatic ring is 1. The third kappa shape index (κ3) is 4.18. The van der Waals surface area contributed by atoms with Crippen LogP contribution in [0.15, 0.2) is 12.5 Å². The quantitative estimate of drug-likeness (QED) is 0.489. The van der Waals surface area contributed by atoms with Gasteiger partial charge in [0.15, 0.2) is 0 Å². The van der Waals surface area contributed by atoms with Crippen LogP contribution in [0, 0.1) is 11.8 Å². The van der Waals surface area contributed by atoms with Crippen LogP contribution in [0.25, 0.3) is 11.0 Å². The standard InChI is InChI=1S/C15H19N5O3/c1-2-20-8-11(13-14(16)18-10-19-15(13)20)4-3-5-17-12(22)9-23-7-6-21/h8,10,21H,2,5-7,9H2,1H3,(H,17,22)(H2,16,18,19). The Kier molecular flexibility index (Phi) is 5.91. The number of amides is 1. The van der Waals surface area contributed by atoms with Gasteiger partial charge in [-0.2, -0.15) is 0 Å². The maximum Gasteiger partial charge on any atom is 0.246 e. The molecule has 0 unspecified atom stereocenters. The number of rotatable bonds is 6. The van der Waals surface area contributed by atoms with Crippen molar-refractivity contribution in [2.24, 2.45) is 0 Å². The van der Waals surface area contributed by atoms with Gasteiger partial charge in [-0.3, -0.25) is 4.79 Å². The van der Waals surface area contributed by atoms with Crippen LogP contribution in [0.1, 0.15) is 12.5 Å². The number of nitrogens with two attached hydrogens (primary N) is 1. The van der Waals surface area contributed by atoms with E-state index in [9.17, 15) is 4.79 Å². The van der Waals surface area contributed by atoms with E-state index in [2.05, 4.69) is 27.1 Å². The molecule has 2 aromatic heterocycles. The number of ether oxygens (including phenoxy) is 1. The summed E-state index contributed by atoms with van der Waals surface area (Å²) >= 11 is 0. The van der Waals surface area contributed by atoms with Crippen LogP contribution < -0.4 is 11.1 Å². The highest BCUT2D eigenvalue weighted by Gasteiger charge is 2.10. The lowest BCUT2D eigenvalue weighted by Crippen LogP contribution is -2.28. The Labute approximate surface area is 133 Å². The van der Waals surface area contributed by atoms with Crippen molar-refractivity contribution in [1.82, 2.24) is 19.9 Å². The van der Waals surface area contributed by atoms with Crippen molar-refractivity contribution < 1.29 is 14.6 Å². The highest BCUT2D eigenvalue weighted by molar-refractivity contribution is 5.92. The molecule has 0 aliphatic rings. The van der Waals surface area contributed by atoms with Crippen LogP contribution in [-0.2, 0) is 16.1 Å². The van der Waals surface area contributed by atoms with E-state index in [0.717, 1.165) is 23.1 Å². The van der Waals surface area contributed by atoms with Gasteiger partial charge in [0.25, 0.3) is 0 Å². The molecule has 4 N–H and O–H groups in total. The molecule has 8 heteroatoms. The van der Waals surface area contributed by atoms with E-state index in [4.69, 9.17) is 15.6 Å². The fourth-order valence-corrected chi connectivity index (χ4v) is 2.05. The SMILES string of the molecule is CCn1cc(C#CCNC(=O)COCCO)c2c(N)ncnc21. The normalized spacial score (nSPS) is 10.3. The smallest absolute Gasteiger partial charge is 0.246 e. The van der Waals surface area contributed by atoms with E-state index in [1.165, 1.54) is 6.33 Å². The van der Waals surface area contributed by atoms with Crippen molar-refractivity contribution in [2.45, 2.75) is 13.5 Å². The predicted molar refractivity (Wildman–Crippen MR) is 85.4 cm³/mol. The molecule has 0 aliphatic heterocycles. The number of fused-ring (bicyclic) bond motifs is 1. The summed E-state index contributed by atoms with van der Waals surface area (Å²) in [5.74, 6) is 5.94. The Morgan fingerprint density at radius 3 is 3.09 bits per heavy atom. The minimum atomic E-state index is -0.286. The molecule has 0 saturated carbocycles. The number of nitrogens with one attached hydrogen (secondary N) is 1. The van der Waals surface area contributed by atoms with Crippen LogP contribution in [0.3, 0.4) is 0 Å². The molecule has 0 spiro atoms. The first-order valence-electron chi connectivity index (χ1n) is 7.20. The second-order valence-electron chi connectivity index (χ2n) is 4.64. The first-order chi connectivity index (χ1) is 11.2. The number of aliphatic hydroxyl groups is 1. The molecule has 2 heterocycles. The average molecular weight is 317 g/mol. The van der Waals surface area contributed by atoms with Gasteiger partial charge in [-0.1, -0.05) is 11.8 Å². The molecule has 0 atom stereocenters. The van der Waals surface area contributed by atoms with Crippen LogP contribution in [0.4, 0.5) is 5.82 Å². The van der Waals surface area contributed by atoms with Gasteiger partial charge in [0, 0.05) is 12.7 Å². The number of anilines is 1. The summed E-state index contributed by atoms with van der Waals surface area (Å²) < 4.78 is 6.85. The second kappa shape index (κ2) is 8.12. The molecule has 122 valence electrons. The third-order valence-electron chi connectivity index (χ3n) is 3.09. The molecule has 8 nitrogen and oxygen atoms in total. The Bertz CT molecular complexity index is 745. The predicted octanol–water partition coefficient (Wildman–Crippen LogP) is -0.490. The highest BCUT2D eigenvalue weighted by Crippen LogP contribution is 2.22. The van der Waals surface area contributed by atoms with Crippen molar-refractivity contribution >= 4 is 22.8 Å². The maximum absolute atomic E-state index is 11.4. The van der Waals surface area contributed by atoms with Gasteiger partial charge in [0.1, 0.15) is 24.4 Å². The minimum Gasteiger partial charge on any atom is -0.394 e. The van der Waals surface area contributed by atoms with E-state index in [0.29, 0.717) is 5.82 Å². The first kappa shape index (κ1) is 16.7. The summed E-state index contributed by atoms with van der Waals surface area (Å²) in [6.45, 7) is 2.86. The van der Waals surface area contributed by atoms with Gasteiger partial charge in [-0.15, -0.1) is 0 Å². The number of aryl methyl sites for hydroxylation is 1. The molecular weight excluding hydrogens is 298 g/mol. The number of carbonyl (C=O) groups excluding carboxylic acids is 1. The van der Waals surface area contributed by atoms with Crippen LogP contribution in [-0.4, -0.2) is 51.9 Å². The Morgan fingerprint density at radius 1 is 1.52 bits per heavy atom. The summed E-state index contributed by atoms with van der Waals surface area (Å²) in [7, 11) is 0. The van der Waals surface area contributed by atoms with Gasteiger partial charge in [0.2, 0.25) is 5.91 Å². The fraction of sp³-hybridized carbons (Fsp3) is 0.400. The average Bonchev–Trinajstić information content (AvgIpc) is 2.91. The molecule has 2 aromatic rings. The van der Waals surface area contributed by atoms with Crippen molar-refractivity contribution in [1.29, 1.82) is 0 Å². The number of aromatic nitrogens is 3. The highest BCUT2D eigenvalue weighted by atomic mass is 16.5. The largest absolute Gasteiger partial charge is 0.394 e. The number of hydrogen-bond acceptors (Lipinski definition) is 6. The van der Waals surface area contributed by atoms with E-state index >= 15 is 0 Å².